The highest BCUT2D eigenvalue weighted by Crippen LogP contribution is 2.31. The molecule has 1 atom stereocenters. The van der Waals surface area contributed by atoms with E-state index >= 15 is 0 Å². The van der Waals surface area contributed by atoms with Gasteiger partial charge in [0.2, 0.25) is 11.8 Å². The average Bonchev–Trinajstić information content (AvgIpc) is 2.59. The zero-order chi connectivity index (χ0) is 18.4. The summed E-state index contributed by atoms with van der Waals surface area (Å²) in [5.41, 5.74) is -0.0278. The summed E-state index contributed by atoms with van der Waals surface area (Å²) < 4.78 is 31.7. The van der Waals surface area contributed by atoms with Crippen molar-refractivity contribution < 1.29 is 28.0 Å². The van der Waals surface area contributed by atoms with E-state index in [1.165, 1.54) is 38.7 Å². The van der Waals surface area contributed by atoms with Crippen LogP contribution >= 0.6 is 11.6 Å². The third-order valence-electron chi connectivity index (χ3n) is 2.81. The number of hydrogen-bond donors (Lipinski definition) is 0. The molecule has 0 bridgehead atoms. The molecule has 0 aliphatic rings. The minimum Gasteiger partial charge on any atom is -0.481 e. The molecule has 0 saturated heterocycles. The van der Waals surface area contributed by atoms with Crippen LogP contribution in [0.5, 0.6) is 23.5 Å². The Labute approximate surface area is 151 Å². The summed E-state index contributed by atoms with van der Waals surface area (Å²) in [5, 5.41) is 0.110. The molecule has 1 heterocycles. The van der Waals surface area contributed by atoms with Crippen LogP contribution in [0.15, 0.2) is 24.3 Å². The Bertz CT molecular complexity index is 779. The topological polar surface area (TPSA) is 96.8 Å². The number of hydrogen-bond acceptors (Lipinski definition) is 8. The van der Waals surface area contributed by atoms with Crippen molar-refractivity contribution in [3.63, 3.8) is 0 Å². The van der Waals surface area contributed by atoms with Crippen LogP contribution in [0.1, 0.15) is 10.4 Å². The van der Waals surface area contributed by atoms with Crippen molar-refractivity contribution in [3.8, 4) is 23.5 Å². The summed E-state index contributed by atoms with van der Waals surface area (Å²) in [4.78, 5) is 20.3. The van der Waals surface area contributed by atoms with Crippen LogP contribution in [-0.2, 0) is 15.5 Å². The van der Waals surface area contributed by atoms with E-state index in [9.17, 15) is 9.00 Å². The summed E-state index contributed by atoms with van der Waals surface area (Å²) in [6.45, 7) is 0. The monoisotopic (exact) mass is 386 g/mol. The molecule has 0 radical (unpaired) electrons. The van der Waals surface area contributed by atoms with E-state index in [2.05, 4.69) is 9.97 Å². The van der Waals surface area contributed by atoms with Crippen molar-refractivity contribution in [3.05, 3.63) is 34.9 Å². The zero-order valence-electron chi connectivity index (χ0n) is 13.6. The van der Waals surface area contributed by atoms with E-state index < -0.39 is 16.8 Å². The van der Waals surface area contributed by atoms with Gasteiger partial charge in [-0.15, -0.1) is 0 Å². The number of benzene rings is 1. The van der Waals surface area contributed by atoms with E-state index in [1.807, 2.05) is 0 Å². The lowest BCUT2D eigenvalue weighted by molar-refractivity contribution is 0.0573. The Morgan fingerprint density at radius 1 is 1.20 bits per heavy atom. The Hall–Kier alpha value is -2.39. The lowest BCUT2D eigenvalue weighted by Crippen LogP contribution is -2.11. The van der Waals surface area contributed by atoms with Gasteiger partial charge in [-0.3, -0.25) is 4.21 Å². The fourth-order valence-electron chi connectivity index (χ4n) is 1.73. The second kappa shape index (κ2) is 8.63. The number of carbonyl (C=O) groups excluding carboxylic acids is 1. The summed E-state index contributed by atoms with van der Waals surface area (Å²) in [6.07, 6.45) is 1.41. The van der Waals surface area contributed by atoms with E-state index in [0.717, 1.165) is 0 Å². The first-order valence-electron chi connectivity index (χ1n) is 6.85. The summed E-state index contributed by atoms with van der Waals surface area (Å²) >= 11 is 6.08. The van der Waals surface area contributed by atoms with Crippen molar-refractivity contribution >= 4 is 28.4 Å². The van der Waals surface area contributed by atoms with Crippen LogP contribution in [0.2, 0.25) is 5.02 Å². The van der Waals surface area contributed by atoms with Gasteiger partial charge in [-0.05, 0) is 12.1 Å². The minimum atomic E-state index is -1.30. The van der Waals surface area contributed by atoms with Gasteiger partial charge >= 0.3 is 12.0 Å². The third-order valence-corrected chi connectivity index (χ3v) is 3.58. The number of nitrogens with zero attached hydrogens (tertiary/aromatic N) is 2. The van der Waals surface area contributed by atoms with Crippen molar-refractivity contribution in [1.29, 1.82) is 0 Å². The van der Waals surface area contributed by atoms with Gasteiger partial charge in [-0.2, -0.15) is 9.97 Å². The first-order valence-corrected chi connectivity index (χ1v) is 8.95. The molecule has 2 aromatic rings. The molecule has 2 rings (SSSR count). The number of halogens is 1. The Morgan fingerprint density at radius 2 is 1.84 bits per heavy atom. The lowest BCUT2D eigenvalue weighted by atomic mass is 10.2. The fourth-order valence-corrected chi connectivity index (χ4v) is 2.25. The van der Waals surface area contributed by atoms with Crippen LogP contribution in [0, 0.1) is 0 Å². The molecule has 0 aliphatic carbocycles. The van der Waals surface area contributed by atoms with Crippen molar-refractivity contribution in [1.82, 2.24) is 9.97 Å². The SMILES string of the molecule is COc1cc(OC)nc(Oc2cccc(Cl)c2C(=O)OCS(C)=O)n1. The molecular formula is C15H15ClN2O6S. The Morgan fingerprint density at radius 3 is 2.40 bits per heavy atom. The number of methoxy groups -OCH3 is 2. The van der Waals surface area contributed by atoms with Gasteiger partial charge in [0.1, 0.15) is 11.3 Å². The van der Waals surface area contributed by atoms with Crippen LogP contribution in [-0.4, -0.2) is 46.6 Å². The normalized spacial score (nSPS) is 11.5. The van der Waals surface area contributed by atoms with Gasteiger partial charge in [-0.1, -0.05) is 17.7 Å². The maximum Gasteiger partial charge on any atom is 0.344 e. The second-order valence-corrected chi connectivity index (χ2v) is 6.36. The van der Waals surface area contributed by atoms with Gasteiger partial charge < -0.3 is 18.9 Å². The lowest BCUT2D eigenvalue weighted by Gasteiger charge is -2.12. The van der Waals surface area contributed by atoms with Gasteiger partial charge in [0, 0.05) is 6.26 Å². The standard InChI is InChI=1S/C15H15ClN2O6S/c1-21-11-7-12(22-2)18-15(17-11)24-10-6-4-5-9(16)13(10)14(19)23-8-25(3)20/h4-7H,8H2,1-3H3. The molecule has 0 aliphatic heterocycles. The minimum absolute atomic E-state index is 0.0278. The molecule has 8 nitrogen and oxygen atoms in total. The first kappa shape index (κ1) is 18.9. The van der Waals surface area contributed by atoms with Crippen LogP contribution in [0.25, 0.3) is 0 Å². The van der Waals surface area contributed by atoms with Crippen molar-refractivity contribution in [2.24, 2.45) is 0 Å². The number of carbonyl (C=O) groups is 1. The largest absolute Gasteiger partial charge is 0.481 e. The molecule has 0 amide bonds. The Kier molecular flexibility index (Phi) is 6.54. The highest BCUT2D eigenvalue weighted by molar-refractivity contribution is 7.84. The van der Waals surface area contributed by atoms with Crippen LogP contribution in [0.4, 0.5) is 0 Å². The third kappa shape index (κ3) is 5.04. The van der Waals surface area contributed by atoms with Gasteiger partial charge in [-0.25, -0.2) is 4.79 Å². The van der Waals surface area contributed by atoms with Crippen molar-refractivity contribution in [2.45, 2.75) is 0 Å². The number of esters is 1. The molecule has 25 heavy (non-hydrogen) atoms. The highest BCUT2D eigenvalue weighted by Gasteiger charge is 2.20. The molecular weight excluding hydrogens is 372 g/mol. The molecule has 0 fully saturated rings. The maximum absolute atomic E-state index is 12.2. The van der Waals surface area contributed by atoms with Gasteiger partial charge in [0.05, 0.1) is 36.1 Å². The summed E-state index contributed by atoms with van der Waals surface area (Å²) in [6, 6.07) is 5.95. The first-order chi connectivity index (χ1) is 11.9. The molecule has 1 aromatic heterocycles. The summed E-state index contributed by atoms with van der Waals surface area (Å²) in [7, 11) is 1.55. The quantitative estimate of drug-likeness (QED) is 0.669. The average molecular weight is 387 g/mol. The predicted molar refractivity (Wildman–Crippen MR) is 91.0 cm³/mol. The van der Waals surface area contributed by atoms with E-state index in [4.69, 9.17) is 30.5 Å². The molecule has 1 unspecified atom stereocenters. The summed E-state index contributed by atoms with van der Waals surface area (Å²) in [5.74, 6) is -0.517. The molecule has 0 N–H and O–H groups in total. The molecule has 0 saturated carbocycles. The van der Waals surface area contributed by atoms with Crippen LogP contribution in [0.3, 0.4) is 0 Å². The molecule has 0 spiro atoms. The number of rotatable bonds is 7. The Balaban J connectivity index is 2.35. The molecule has 134 valence electrons. The highest BCUT2D eigenvalue weighted by atomic mass is 35.5. The zero-order valence-corrected chi connectivity index (χ0v) is 15.2. The molecule has 10 heteroatoms. The van der Waals surface area contributed by atoms with E-state index in [-0.39, 0.29) is 40.0 Å². The van der Waals surface area contributed by atoms with Gasteiger partial charge in [0.15, 0.2) is 5.94 Å². The van der Waals surface area contributed by atoms with E-state index in [0.29, 0.717) is 0 Å². The van der Waals surface area contributed by atoms with Crippen LogP contribution < -0.4 is 14.2 Å². The van der Waals surface area contributed by atoms with Gasteiger partial charge in [0.25, 0.3) is 0 Å². The fraction of sp³-hybridized carbons (Fsp3) is 0.267. The molecule has 1 aromatic carbocycles. The van der Waals surface area contributed by atoms with Crippen molar-refractivity contribution in [2.75, 3.05) is 26.4 Å². The van der Waals surface area contributed by atoms with E-state index in [1.54, 1.807) is 6.07 Å². The predicted octanol–water partition coefficient (Wildman–Crippen LogP) is 2.43. The maximum atomic E-state index is 12.2. The number of aromatic nitrogens is 2. The second-order valence-electron chi connectivity index (χ2n) is 4.57. The smallest absolute Gasteiger partial charge is 0.344 e. The number of ether oxygens (including phenoxy) is 4.